The van der Waals surface area contributed by atoms with E-state index in [1.807, 2.05) is 6.92 Å². The average Bonchev–Trinajstić information content (AvgIpc) is 2.61. The predicted octanol–water partition coefficient (Wildman–Crippen LogP) is 1.87. The standard InChI is InChI=1S/C13H15ClN2O2/c1-2-15-7-4-8-16-11-9(12(17)13(16)18)5-3-6-10(11)14/h3,5-6,15H,2,4,7-8H2,1H3. The van der Waals surface area contributed by atoms with Crippen molar-refractivity contribution < 1.29 is 9.59 Å². The number of Topliss-reactive ketones (excluding diaryl/α,β-unsaturated/α-hetero) is 1. The van der Waals surface area contributed by atoms with Crippen LogP contribution in [-0.4, -0.2) is 31.3 Å². The van der Waals surface area contributed by atoms with Gasteiger partial charge in [0.05, 0.1) is 16.3 Å². The zero-order valence-corrected chi connectivity index (χ0v) is 11.0. The Balaban J connectivity index is 2.17. The highest BCUT2D eigenvalue weighted by Crippen LogP contribution is 2.35. The largest absolute Gasteiger partial charge is 0.317 e. The molecule has 1 aliphatic heterocycles. The molecule has 0 aliphatic carbocycles. The van der Waals surface area contributed by atoms with Gasteiger partial charge in [0.1, 0.15) is 0 Å². The average molecular weight is 267 g/mol. The van der Waals surface area contributed by atoms with Gasteiger partial charge in [0.2, 0.25) is 0 Å². The van der Waals surface area contributed by atoms with Crippen LogP contribution in [0.15, 0.2) is 18.2 Å². The van der Waals surface area contributed by atoms with E-state index in [4.69, 9.17) is 11.6 Å². The third-order valence-electron chi connectivity index (χ3n) is 2.93. The van der Waals surface area contributed by atoms with Crippen LogP contribution in [0, 0.1) is 0 Å². The molecular formula is C13H15ClN2O2. The van der Waals surface area contributed by atoms with Gasteiger partial charge in [-0.15, -0.1) is 0 Å². The van der Waals surface area contributed by atoms with E-state index in [2.05, 4.69) is 5.32 Å². The minimum absolute atomic E-state index is 0.413. The Labute approximate surface area is 111 Å². The summed E-state index contributed by atoms with van der Waals surface area (Å²) in [6.07, 6.45) is 0.789. The number of carbonyl (C=O) groups excluding carboxylic acids is 2. The molecular weight excluding hydrogens is 252 g/mol. The summed E-state index contributed by atoms with van der Waals surface area (Å²) < 4.78 is 0. The number of nitrogens with zero attached hydrogens (tertiary/aromatic N) is 1. The van der Waals surface area contributed by atoms with Crippen molar-refractivity contribution in [2.45, 2.75) is 13.3 Å². The molecule has 0 fully saturated rings. The zero-order chi connectivity index (χ0) is 13.1. The number of para-hydroxylation sites is 1. The van der Waals surface area contributed by atoms with Crippen LogP contribution in [0.5, 0.6) is 0 Å². The molecule has 1 aromatic carbocycles. The number of amides is 1. The lowest BCUT2D eigenvalue weighted by molar-refractivity contribution is -0.114. The van der Waals surface area contributed by atoms with Crippen molar-refractivity contribution in [3.8, 4) is 0 Å². The fourth-order valence-corrected chi connectivity index (χ4v) is 2.34. The van der Waals surface area contributed by atoms with Crippen LogP contribution in [0.3, 0.4) is 0 Å². The lowest BCUT2D eigenvalue weighted by Crippen LogP contribution is -2.32. The molecule has 0 unspecified atom stereocenters. The summed E-state index contributed by atoms with van der Waals surface area (Å²) >= 11 is 6.07. The van der Waals surface area contributed by atoms with E-state index in [1.54, 1.807) is 18.2 Å². The summed E-state index contributed by atoms with van der Waals surface area (Å²) in [5.74, 6) is -0.939. The fourth-order valence-electron chi connectivity index (χ4n) is 2.06. The lowest BCUT2D eigenvalue weighted by atomic mass is 10.1. The third kappa shape index (κ3) is 2.26. The van der Waals surface area contributed by atoms with Crippen LogP contribution < -0.4 is 10.2 Å². The molecule has 0 bridgehead atoms. The second kappa shape index (κ2) is 5.50. The SMILES string of the molecule is CCNCCCN1C(=O)C(=O)c2cccc(Cl)c21. The summed E-state index contributed by atoms with van der Waals surface area (Å²) in [5.41, 5.74) is 0.974. The number of benzene rings is 1. The molecule has 96 valence electrons. The van der Waals surface area contributed by atoms with Crippen molar-refractivity contribution in [3.63, 3.8) is 0 Å². The van der Waals surface area contributed by atoms with Crippen LogP contribution in [0.1, 0.15) is 23.7 Å². The van der Waals surface area contributed by atoms with Gasteiger partial charge in [-0.2, -0.15) is 0 Å². The number of hydrogen-bond donors (Lipinski definition) is 1. The summed E-state index contributed by atoms with van der Waals surface area (Å²) in [7, 11) is 0. The van der Waals surface area contributed by atoms with Crippen molar-refractivity contribution in [2.75, 3.05) is 24.5 Å². The van der Waals surface area contributed by atoms with Crippen molar-refractivity contribution >= 4 is 29.0 Å². The first-order valence-corrected chi connectivity index (χ1v) is 6.40. The molecule has 1 heterocycles. The molecule has 5 heteroatoms. The van der Waals surface area contributed by atoms with Crippen LogP contribution in [0.4, 0.5) is 5.69 Å². The molecule has 0 saturated carbocycles. The highest BCUT2D eigenvalue weighted by atomic mass is 35.5. The summed E-state index contributed by atoms with van der Waals surface area (Å²) in [4.78, 5) is 25.1. The number of nitrogens with one attached hydrogen (secondary N) is 1. The summed E-state index contributed by atoms with van der Waals surface area (Å²) in [6.45, 7) is 4.24. The molecule has 0 radical (unpaired) electrons. The van der Waals surface area contributed by atoms with Gasteiger partial charge in [0.25, 0.3) is 11.7 Å². The Morgan fingerprint density at radius 2 is 2.11 bits per heavy atom. The quantitative estimate of drug-likeness (QED) is 0.654. The number of fused-ring (bicyclic) bond motifs is 1. The highest BCUT2D eigenvalue weighted by Gasteiger charge is 2.36. The summed E-state index contributed by atoms with van der Waals surface area (Å²) in [6, 6.07) is 5.03. The number of halogens is 1. The molecule has 0 atom stereocenters. The molecule has 0 aromatic heterocycles. The second-order valence-corrected chi connectivity index (χ2v) is 4.54. The van der Waals surface area contributed by atoms with E-state index in [0.29, 0.717) is 22.8 Å². The van der Waals surface area contributed by atoms with Gasteiger partial charge in [-0.1, -0.05) is 24.6 Å². The molecule has 1 N–H and O–H groups in total. The Hall–Kier alpha value is -1.39. The minimum Gasteiger partial charge on any atom is -0.317 e. The minimum atomic E-state index is -0.477. The molecule has 1 amide bonds. The second-order valence-electron chi connectivity index (χ2n) is 4.13. The van der Waals surface area contributed by atoms with Gasteiger partial charge in [-0.05, 0) is 31.6 Å². The van der Waals surface area contributed by atoms with Gasteiger partial charge >= 0.3 is 0 Å². The molecule has 1 aliphatic rings. The maximum absolute atomic E-state index is 11.9. The van der Waals surface area contributed by atoms with E-state index in [9.17, 15) is 9.59 Å². The first kappa shape index (κ1) is 13.1. The van der Waals surface area contributed by atoms with Crippen LogP contribution >= 0.6 is 11.6 Å². The lowest BCUT2D eigenvalue weighted by Gasteiger charge is -2.17. The molecule has 18 heavy (non-hydrogen) atoms. The van der Waals surface area contributed by atoms with Crippen molar-refractivity contribution in [2.24, 2.45) is 0 Å². The van der Waals surface area contributed by atoms with E-state index in [-0.39, 0.29) is 0 Å². The number of rotatable bonds is 5. The number of carbonyl (C=O) groups is 2. The fraction of sp³-hybridized carbons (Fsp3) is 0.385. The smallest absolute Gasteiger partial charge is 0.299 e. The molecule has 0 saturated heterocycles. The van der Waals surface area contributed by atoms with Gasteiger partial charge < -0.3 is 10.2 Å². The Bertz CT molecular complexity index is 488. The van der Waals surface area contributed by atoms with Crippen molar-refractivity contribution in [3.05, 3.63) is 28.8 Å². The number of hydrogen-bond acceptors (Lipinski definition) is 3. The van der Waals surface area contributed by atoms with Crippen LogP contribution in [0.2, 0.25) is 5.02 Å². The molecule has 1 aromatic rings. The predicted molar refractivity (Wildman–Crippen MR) is 71.3 cm³/mol. The Kier molecular flexibility index (Phi) is 3.99. The zero-order valence-electron chi connectivity index (χ0n) is 10.2. The topological polar surface area (TPSA) is 49.4 Å². The summed E-state index contributed by atoms with van der Waals surface area (Å²) in [5, 5.41) is 3.63. The van der Waals surface area contributed by atoms with Gasteiger partial charge in [0, 0.05) is 6.54 Å². The first-order chi connectivity index (χ1) is 8.66. The Morgan fingerprint density at radius 3 is 2.83 bits per heavy atom. The van der Waals surface area contributed by atoms with Crippen molar-refractivity contribution in [1.29, 1.82) is 0 Å². The van der Waals surface area contributed by atoms with Gasteiger partial charge in [0.15, 0.2) is 0 Å². The van der Waals surface area contributed by atoms with Gasteiger partial charge in [-0.3, -0.25) is 9.59 Å². The van der Waals surface area contributed by atoms with Crippen molar-refractivity contribution in [1.82, 2.24) is 5.32 Å². The normalized spacial score (nSPS) is 14.2. The van der Waals surface area contributed by atoms with E-state index >= 15 is 0 Å². The molecule has 4 nitrogen and oxygen atoms in total. The monoisotopic (exact) mass is 266 g/mol. The van der Waals surface area contributed by atoms with Crippen LogP contribution in [-0.2, 0) is 4.79 Å². The van der Waals surface area contributed by atoms with E-state index < -0.39 is 11.7 Å². The highest BCUT2D eigenvalue weighted by molar-refractivity contribution is 6.54. The van der Waals surface area contributed by atoms with Gasteiger partial charge in [-0.25, -0.2) is 0 Å². The molecule has 0 spiro atoms. The van der Waals surface area contributed by atoms with E-state index in [1.165, 1.54) is 4.90 Å². The molecule has 2 rings (SSSR count). The Morgan fingerprint density at radius 1 is 1.33 bits per heavy atom. The first-order valence-electron chi connectivity index (χ1n) is 6.02. The number of ketones is 1. The maximum atomic E-state index is 11.9. The van der Waals surface area contributed by atoms with Crippen LogP contribution in [0.25, 0.3) is 0 Å². The maximum Gasteiger partial charge on any atom is 0.299 e. The third-order valence-corrected chi connectivity index (χ3v) is 3.23. The van der Waals surface area contributed by atoms with E-state index in [0.717, 1.165) is 19.5 Å². The number of anilines is 1.